The van der Waals surface area contributed by atoms with Crippen LogP contribution in [0, 0.1) is 0 Å². The van der Waals surface area contributed by atoms with Crippen LogP contribution in [-0.2, 0) is 11.2 Å². The van der Waals surface area contributed by atoms with Gasteiger partial charge in [-0.25, -0.2) is 0 Å². The number of aliphatic imine (C=N–C) groups is 1. The van der Waals surface area contributed by atoms with E-state index in [0.29, 0.717) is 18.0 Å². The number of fused-ring (bicyclic) bond motifs is 1. The maximum absolute atomic E-state index is 11.0. The molecule has 0 aliphatic carbocycles. The number of methoxy groups -OCH3 is 1. The van der Waals surface area contributed by atoms with Crippen molar-refractivity contribution in [2.75, 3.05) is 14.2 Å². The molecule has 0 amide bonds. The lowest BCUT2D eigenvalue weighted by molar-refractivity contribution is -0.216. The van der Waals surface area contributed by atoms with Gasteiger partial charge in [-0.15, -0.1) is 0 Å². The van der Waals surface area contributed by atoms with Gasteiger partial charge in [0.05, 0.1) is 18.8 Å². The number of ether oxygens (including phenoxy) is 2. The van der Waals surface area contributed by atoms with Gasteiger partial charge in [-0.1, -0.05) is 23.9 Å². The fraction of sp³-hybridized carbons (Fsp3) is 0.611. The average molecular weight is 382 g/mol. The number of nitrogens with zero attached hydrogens (tertiary/aromatic N) is 1. The molecule has 1 aromatic rings. The van der Waals surface area contributed by atoms with Gasteiger partial charge in [0.1, 0.15) is 29.5 Å². The largest absolute Gasteiger partial charge is 0.497 e. The highest BCUT2D eigenvalue weighted by Crippen LogP contribution is 2.38. The minimum atomic E-state index is -1.29. The molecular weight excluding hydrogens is 356 g/mol. The van der Waals surface area contributed by atoms with Gasteiger partial charge in [0, 0.05) is 7.05 Å². The SMILES string of the molecule is CN=C1N[C@@H]2[C@@H](O)[C@H](O)[C@@H]([C@](C)(O)CCc3ccc(OC)cc3)O[C@@H]2S1. The predicted octanol–water partition coefficient (Wildman–Crippen LogP) is 0.516. The molecule has 2 aliphatic rings. The summed E-state index contributed by atoms with van der Waals surface area (Å²) >= 11 is 1.36. The van der Waals surface area contributed by atoms with Crippen LogP contribution in [0.1, 0.15) is 18.9 Å². The molecular formula is C18H26N2O5S. The lowest BCUT2D eigenvalue weighted by atomic mass is 9.83. The molecule has 3 rings (SSSR count). The number of aliphatic hydroxyl groups excluding tert-OH is 2. The van der Waals surface area contributed by atoms with Gasteiger partial charge in [-0.05, 0) is 37.5 Å². The van der Waals surface area contributed by atoms with E-state index in [1.807, 2.05) is 24.3 Å². The second-order valence-corrected chi connectivity index (χ2v) is 8.02. The van der Waals surface area contributed by atoms with Gasteiger partial charge < -0.3 is 30.1 Å². The summed E-state index contributed by atoms with van der Waals surface area (Å²) in [5, 5.41) is 35.6. The van der Waals surface area contributed by atoms with E-state index < -0.39 is 35.4 Å². The smallest absolute Gasteiger partial charge is 0.159 e. The Morgan fingerprint density at radius 2 is 1.96 bits per heavy atom. The molecule has 8 heteroatoms. The maximum atomic E-state index is 11.0. The lowest BCUT2D eigenvalue weighted by Gasteiger charge is -2.45. The molecule has 0 bridgehead atoms. The highest BCUT2D eigenvalue weighted by molar-refractivity contribution is 8.14. The summed E-state index contributed by atoms with van der Waals surface area (Å²) < 4.78 is 11.1. The van der Waals surface area contributed by atoms with Crippen molar-refractivity contribution in [3.05, 3.63) is 29.8 Å². The summed E-state index contributed by atoms with van der Waals surface area (Å²) in [5.41, 5.74) is -0.644. The summed E-state index contributed by atoms with van der Waals surface area (Å²) in [6, 6.07) is 7.19. The van der Waals surface area contributed by atoms with Crippen LogP contribution < -0.4 is 10.1 Å². The van der Waals surface area contributed by atoms with Crippen LogP contribution in [0.25, 0.3) is 0 Å². The van der Waals surface area contributed by atoms with Crippen molar-refractivity contribution in [1.82, 2.24) is 5.32 Å². The number of aryl methyl sites for hydroxylation is 1. The van der Waals surface area contributed by atoms with Crippen molar-refractivity contribution in [1.29, 1.82) is 0 Å². The van der Waals surface area contributed by atoms with Gasteiger partial charge >= 0.3 is 0 Å². The number of hydrogen-bond donors (Lipinski definition) is 4. The van der Waals surface area contributed by atoms with E-state index in [4.69, 9.17) is 9.47 Å². The molecule has 7 nitrogen and oxygen atoms in total. The Morgan fingerprint density at radius 3 is 2.58 bits per heavy atom. The van der Waals surface area contributed by atoms with E-state index >= 15 is 0 Å². The average Bonchev–Trinajstić information content (AvgIpc) is 3.07. The van der Waals surface area contributed by atoms with Crippen LogP contribution in [0.4, 0.5) is 0 Å². The predicted molar refractivity (Wildman–Crippen MR) is 100 cm³/mol. The van der Waals surface area contributed by atoms with Gasteiger partial charge in [0.15, 0.2) is 5.17 Å². The van der Waals surface area contributed by atoms with Crippen molar-refractivity contribution in [3.63, 3.8) is 0 Å². The van der Waals surface area contributed by atoms with Gasteiger partial charge in [0.2, 0.25) is 0 Å². The fourth-order valence-corrected chi connectivity index (χ4v) is 4.45. The molecule has 2 heterocycles. The fourth-order valence-electron chi connectivity index (χ4n) is 3.37. The lowest BCUT2D eigenvalue weighted by Crippen LogP contribution is -2.64. The molecule has 0 unspecified atom stereocenters. The zero-order chi connectivity index (χ0) is 18.9. The monoisotopic (exact) mass is 382 g/mol. The number of benzene rings is 1. The van der Waals surface area contributed by atoms with Crippen molar-refractivity contribution in [3.8, 4) is 5.75 Å². The molecule has 2 fully saturated rings. The van der Waals surface area contributed by atoms with E-state index in [0.717, 1.165) is 11.3 Å². The van der Waals surface area contributed by atoms with E-state index in [1.165, 1.54) is 11.8 Å². The zero-order valence-electron chi connectivity index (χ0n) is 15.1. The molecule has 0 aromatic heterocycles. The van der Waals surface area contributed by atoms with Crippen LogP contribution in [0.15, 0.2) is 29.3 Å². The first-order valence-corrected chi connectivity index (χ1v) is 9.50. The Morgan fingerprint density at radius 1 is 1.27 bits per heavy atom. The number of aliphatic hydroxyl groups is 3. The Kier molecular flexibility index (Phi) is 5.78. The van der Waals surface area contributed by atoms with Gasteiger partial charge in [-0.2, -0.15) is 0 Å². The first-order valence-electron chi connectivity index (χ1n) is 8.62. The molecule has 144 valence electrons. The first-order chi connectivity index (χ1) is 12.4. The zero-order valence-corrected chi connectivity index (χ0v) is 15.9. The van der Waals surface area contributed by atoms with Crippen LogP contribution in [0.5, 0.6) is 5.75 Å². The third-order valence-electron chi connectivity index (χ3n) is 5.01. The molecule has 1 aromatic carbocycles. The quantitative estimate of drug-likeness (QED) is 0.588. The molecule has 26 heavy (non-hydrogen) atoms. The van der Waals surface area contributed by atoms with E-state index in [2.05, 4.69) is 10.3 Å². The van der Waals surface area contributed by atoms with Crippen molar-refractivity contribution in [2.24, 2.45) is 4.99 Å². The highest BCUT2D eigenvalue weighted by atomic mass is 32.2. The van der Waals surface area contributed by atoms with E-state index in [-0.39, 0.29) is 0 Å². The molecule has 2 aliphatic heterocycles. The molecule has 2 saturated heterocycles. The highest BCUT2D eigenvalue weighted by Gasteiger charge is 2.53. The normalized spacial score (nSPS) is 34.8. The Bertz CT molecular complexity index is 651. The molecule has 0 radical (unpaired) electrons. The topological polar surface area (TPSA) is 104 Å². The summed E-state index contributed by atoms with van der Waals surface area (Å²) in [6.07, 6.45) is -2.12. The minimum absolute atomic E-state index is 0.387. The third kappa shape index (κ3) is 3.84. The van der Waals surface area contributed by atoms with Gasteiger partial charge in [-0.3, -0.25) is 4.99 Å². The standard InChI is InChI=1S/C18H26N2O5S/c1-18(23,9-8-10-4-6-11(24-3)7-5-10)15-14(22)13(21)12-16(25-15)26-17(19-2)20-12/h4-7,12-16,21-23H,8-9H2,1-3H3,(H,19,20)/t12-,13-,14+,15+,16-,18-/m1/s1. The minimum Gasteiger partial charge on any atom is -0.497 e. The second-order valence-electron chi connectivity index (χ2n) is 6.93. The molecule has 6 atom stereocenters. The Hall–Kier alpha value is -1.32. The van der Waals surface area contributed by atoms with E-state index in [9.17, 15) is 15.3 Å². The number of rotatable bonds is 5. The number of nitrogens with one attached hydrogen (secondary N) is 1. The van der Waals surface area contributed by atoms with Crippen molar-refractivity contribution < 1.29 is 24.8 Å². The molecule has 4 N–H and O–H groups in total. The van der Waals surface area contributed by atoms with Crippen LogP contribution in [-0.4, -0.2) is 70.0 Å². The number of hydrogen-bond acceptors (Lipinski definition) is 7. The van der Waals surface area contributed by atoms with Crippen molar-refractivity contribution >= 4 is 16.9 Å². The second kappa shape index (κ2) is 7.74. The first kappa shape index (κ1) is 19.4. The number of thioether (sulfide) groups is 1. The molecule has 0 spiro atoms. The summed E-state index contributed by atoms with van der Waals surface area (Å²) in [5.74, 6) is 0.778. The van der Waals surface area contributed by atoms with E-state index in [1.54, 1.807) is 21.1 Å². The summed E-state index contributed by atoms with van der Waals surface area (Å²) in [4.78, 5) is 4.07. The summed E-state index contributed by atoms with van der Waals surface area (Å²) in [6.45, 7) is 1.64. The number of amidine groups is 1. The van der Waals surface area contributed by atoms with Crippen LogP contribution >= 0.6 is 11.8 Å². The Balaban J connectivity index is 1.67. The molecule has 0 saturated carbocycles. The van der Waals surface area contributed by atoms with Crippen LogP contribution in [0.3, 0.4) is 0 Å². The van der Waals surface area contributed by atoms with Crippen molar-refractivity contribution in [2.45, 2.75) is 55.2 Å². The Labute approximate surface area is 157 Å². The third-order valence-corrected chi connectivity index (χ3v) is 6.18. The maximum Gasteiger partial charge on any atom is 0.159 e. The summed E-state index contributed by atoms with van der Waals surface area (Å²) in [7, 11) is 3.27. The van der Waals surface area contributed by atoms with Gasteiger partial charge in [0.25, 0.3) is 0 Å². The van der Waals surface area contributed by atoms with Crippen LogP contribution in [0.2, 0.25) is 0 Å².